The smallest absolute Gasteiger partial charge is 0.230 e. The second-order valence-electron chi connectivity index (χ2n) is 6.05. The van der Waals surface area contributed by atoms with Gasteiger partial charge in [-0.05, 0) is 42.4 Å². The quantitative estimate of drug-likeness (QED) is 0.848. The Balaban J connectivity index is 2.07. The summed E-state index contributed by atoms with van der Waals surface area (Å²) in [6.07, 6.45) is 2.88. The predicted octanol–water partition coefficient (Wildman–Crippen LogP) is 2.71. The van der Waals surface area contributed by atoms with Gasteiger partial charge in [0.2, 0.25) is 11.8 Å². The van der Waals surface area contributed by atoms with Crippen molar-refractivity contribution >= 4 is 11.8 Å². The van der Waals surface area contributed by atoms with E-state index in [0.717, 1.165) is 25.0 Å². The molecule has 0 bridgehead atoms. The molecule has 1 aromatic carbocycles. The third kappa shape index (κ3) is 3.43. The number of carbonyl (C=O) groups excluding carboxylic acids is 2. The first kappa shape index (κ1) is 15.5. The molecule has 2 rings (SSSR count). The molecule has 4 heteroatoms. The van der Waals surface area contributed by atoms with Gasteiger partial charge in [-0.2, -0.15) is 0 Å². The minimum Gasteiger partial charge on any atom is -0.497 e. The number of carbonyl (C=O) groups is 2. The molecule has 1 aliphatic rings. The molecule has 21 heavy (non-hydrogen) atoms. The summed E-state index contributed by atoms with van der Waals surface area (Å²) in [4.78, 5) is 23.7. The fraction of sp³-hybridized carbons (Fsp3) is 0.529. The minimum absolute atomic E-state index is 0.0894. The van der Waals surface area contributed by atoms with Gasteiger partial charge in [-0.1, -0.05) is 26.0 Å². The lowest BCUT2D eigenvalue weighted by Gasteiger charge is -2.39. The molecule has 0 aromatic heterocycles. The fourth-order valence-corrected chi connectivity index (χ4v) is 3.24. The highest BCUT2D eigenvalue weighted by Gasteiger charge is 2.43. The van der Waals surface area contributed by atoms with Crippen LogP contribution in [0.15, 0.2) is 24.3 Å². The number of methoxy groups -OCH3 is 1. The van der Waals surface area contributed by atoms with Gasteiger partial charge in [0, 0.05) is 12.3 Å². The highest BCUT2D eigenvalue weighted by Crippen LogP contribution is 2.40. The molecule has 1 heterocycles. The second kappa shape index (κ2) is 6.29. The SMILES string of the molecule is CCC1C(=O)NC(=O)CC1(C)CCc1ccc(OC)cc1. The Kier molecular flexibility index (Phi) is 4.66. The molecule has 2 atom stereocenters. The van der Waals surface area contributed by atoms with E-state index in [2.05, 4.69) is 12.2 Å². The number of imide groups is 1. The van der Waals surface area contributed by atoms with E-state index < -0.39 is 0 Å². The Morgan fingerprint density at radius 1 is 1.29 bits per heavy atom. The van der Waals surface area contributed by atoms with E-state index in [-0.39, 0.29) is 23.1 Å². The molecule has 1 saturated heterocycles. The molecule has 1 aliphatic heterocycles. The van der Waals surface area contributed by atoms with Gasteiger partial charge in [0.15, 0.2) is 0 Å². The van der Waals surface area contributed by atoms with E-state index in [9.17, 15) is 9.59 Å². The van der Waals surface area contributed by atoms with Crippen molar-refractivity contribution in [2.75, 3.05) is 7.11 Å². The fourth-order valence-electron chi connectivity index (χ4n) is 3.24. The van der Waals surface area contributed by atoms with Crippen LogP contribution in [0.2, 0.25) is 0 Å². The van der Waals surface area contributed by atoms with Gasteiger partial charge < -0.3 is 4.74 Å². The van der Waals surface area contributed by atoms with Crippen molar-refractivity contribution in [3.63, 3.8) is 0 Å². The second-order valence-corrected chi connectivity index (χ2v) is 6.05. The Labute approximate surface area is 125 Å². The zero-order valence-electron chi connectivity index (χ0n) is 12.9. The molecule has 0 spiro atoms. The summed E-state index contributed by atoms with van der Waals surface area (Å²) in [5.41, 5.74) is 0.944. The molecule has 0 radical (unpaired) electrons. The van der Waals surface area contributed by atoms with Crippen LogP contribution in [0.5, 0.6) is 5.75 Å². The summed E-state index contributed by atoms with van der Waals surface area (Å²) in [5, 5.41) is 2.45. The van der Waals surface area contributed by atoms with Crippen LogP contribution in [-0.4, -0.2) is 18.9 Å². The minimum atomic E-state index is -0.256. The van der Waals surface area contributed by atoms with Gasteiger partial charge in [-0.3, -0.25) is 14.9 Å². The molecular formula is C17H23NO3. The van der Waals surface area contributed by atoms with Crippen LogP contribution >= 0.6 is 0 Å². The van der Waals surface area contributed by atoms with Crippen molar-refractivity contribution in [2.24, 2.45) is 11.3 Å². The van der Waals surface area contributed by atoms with Crippen LogP contribution in [0, 0.1) is 11.3 Å². The van der Waals surface area contributed by atoms with Crippen molar-refractivity contribution in [3.8, 4) is 5.75 Å². The molecule has 1 aromatic rings. The third-order valence-electron chi connectivity index (χ3n) is 4.54. The molecule has 0 aliphatic carbocycles. The average Bonchev–Trinajstić information content (AvgIpc) is 2.45. The maximum Gasteiger partial charge on any atom is 0.230 e. The third-order valence-corrected chi connectivity index (χ3v) is 4.54. The normalized spacial score (nSPS) is 25.6. The summed E-state index contributed by atoms with van der Waals surface area (Å²) >= 11 is 0. The lowest BCUT2D eigenvalue weighted by molar-refractivity contribution is -0.143. The van der Waals surface area contributed by atoms with Crippen LogP contribution in [0.25, 0.3) is 0 Å². The van der Waals surface area contributed by atoms with E-state index in [1.54, 1.807) is 7.11 Å². The van der Waals surface area contributed by atoms with Crippen molar-refractivity contribution in [3.05, 3.63) is 29.8 Å². The first-order valence-corrected chi connectivity index (χ1v) is 7.45. The first-order valence-electron chi connectivity index (χ1n) is 7.45. The summed E-state index contributed by atoms with van der Waals surface area (Å²) in [6.45, 7) is 4.06. The molecule has 114 valence electrons. The van der Waals surface area contributed by atoms with Crippen molar-refractivity contribution < 1.29 is 14.3 Å². The van der Waals surface area contributed by atoms with E-state index in [1.807, 2.05) is 31.2 Å². The Morgan fingerprint density at radius 3 is 2.52 bits per heavy atom. The molecule has 2 unspecified atom stereocenters. The predicted molar refractivity (Wildman–Crippen MR) is 81.0 cm³/mol. The Bertz CT molecular complexity index is 523. The summed E-state index contributed by atoms with van der Waals surface area (Å²) in [5.74, 6) is 0.477. The zero-order valence-corrected chi connectivity index (χ0v) is 12.9. The number of ether oxygens (including phenoxy) is 1. The first-order chi connectivity index (χ1) is 9.98. The maximum absolute atomic E-state index is 12.0. The number of hydrogen-bond donors (Lipinski definition) is 1. The van der Waals surface area contributed by atoms with Crippen LogP contribution in [0.4, 0.5) is 0 Å². The number of benzene rings is 1. The summed E-state index contributed by atoms with van der Waals surface area (Å²) < 4.78 is 5.15. The zero-order chi connectivity index (χ0) is 15.5. The van der Waals surface area contributed by atoms with Crippen LogP contribution < -0.4 is 10.1 Å². The number of nitrogens with one attached hydrogen (secondary N) is 1. The summed E-state index contributed by atoms with van der Waals surface area (Å²) in [7, 11) is 1.65. The van der Waals surface area contributed by atoms with Crippen LogP contribution in [0.3, 0.4) is 0 Å². The number of amides is 2. The maximum atomic E-state index is 12.0. The Morgan fingerprint density at radius 2 is 1.95 bits per heavy atom. The summed E-state index contributed by atoms with van der Waals surface area (Å²) in [6, 6.07) is 7.95. The van der Waals surface area contributed by atoms with Crippen molar-refractivity contribution in [1.29, 1.82) is 0 Å². The molecule has 2 amide bonds. The lowest BCUT2D eigenvalue weighted by atomic mass is 9.67. The standard InChI is InChI=1S/C17H23NO3/c1-4-14-16(20)18-15(19)11-17(14,2)10-9-12-5-7-13(21-3)8-6-12/h5-8,14H,4,9-11H2,1-3H3,(H,18,19,20). The highest BCUT2D eigenvalue weighted by atomic mass is 16.5. The molecule has 4 nitrogen and oxygen atoms in total. The van der Waals surface area contributed by atoms with E-state index >= 15 is 0 Å². The van der Waals surface area contributed by atoms with Gasteiger partial charge >= 0.3 is 0 Å². The van der Waals surface area contributed by atoms with Crippen molar-refractivity contribution in [2.45, 2.75) is 39.5 Å². The monoisotopic (exact) mass is 289 g/mol. The number of rotatable bonds is 5. The molecule has 1 N–H and O–H groups in total. The average molecular weight is 289 g/mol. The Hall–Kier alpha value is -1.84. The van der Waals surface area contributed by atoms with E-state index in [4.69, 9.17) is 4.74 Å². The topological polar surface area (TPSA) is 55.4 Å². The molecular weight excluding hydrogens is 266 g/mol. The van der Waals surface area contributed by atoms with Gasteiger partial charge in [-0.25, -0.2) is 0 Å². The van der Waals surface area contributed by atoms with E-state index in [0.29, 0.717) is 6.42 Å². The van der Waals surface area contributed by atoms with Gasteiger partial charge in [0.25, 0.3) is 0 Å². The number of aryl methyl sites for hydroxylation is 1. The van der Waals surface area contributed by atoms with Gasteiger partial charge in [0.1, 0.15) is 5.75 Å². The molecule has 1 fully saturated rings. The lowest BCUT2D eigenvalue weighted by Crippen LogP contribution is -2.50. The molecule has 0 saturated carbocycles. The van der Waals surface area contributed by atoms with E-state index in [1.165, 1.54) is 5.56 Å². The van der Waals surface area contributed by atoms with Crippen LogP contribution in [0.1, 0.15) is 38.7 Å². The largest absolute Gasteiger partial charge is 0.497 e. The van der Waals surface area contributed by atoms with Crippen molar-refractivity contribution in [1.82, 2.24) is 5.32 Å². The number of hydrogen-bond acceptors (Lipinski definition) is 3. The van der Waals surface area contributed by atoms with Gasteiger partial charge in [0.05, 0.1) is 7.11 Å². The van der Waals surface area contributed by atoms with Gasteiger partial charge in [-0.15, -0.1) is 0 Å². The van der Waals surface area contributed by atoms with Crippen LogP contribution in [-0.2, 0) is 16.0 Å². The highest BCUT2D eigenvalue weighted by molar-refractivity contribution is 5.99. The number of piperidine rings is 1.